The Kier molecular flexibility index (Phi) is 11.0. The maximum absolute atomic E-state index is 12.7. The molecule has 0 amide bonds. The molecule has 0 saturated carbocycles. The van der Waals surface area contributed by atoms with E-state index >= 15 is 0 Å². The Balaban J connectivity index is 1.77. The van der Waals surface area contributed by atoms with Crippen LogP contribution in [0.1, 0.15) is 85.9 Å². The van der Waals surface area contributed by atoms with Gasteiger partial charge in [-0.25, -0.2) is 0 Å². The first-order valence-corrected chi connectivity index (χ1v) is 11.6. The van der Waals surface area contributed by atoms with E-state index < -0.39 is 0 Å². The topological polar surface area (TPSA) is 17.1 Å². The predicted molar refractivity (Wildman–Crippen MR) is 120 cm³/mol. The first-order chi connectivity index (χ1) is 13.3. The molecule has 146 valence electrons. The fourth-order valence-electron chi connectivity index (χ4n) is 3.31. The van der Waals surface area contributed by atoms with E-state index in [1.807, 2.05) is 48.2 Å². The summed E-state index contributed by atoms with van der Waals surface area (Å²) in [7, 11) is 0. The van der Waals surface area contributed by atoms with Crippen molar-refractivity contribution in [1.29, 1.82) is 0 Å². The van der Waals surface area contributed by atoms with Crippen LogP contribution in [0, 0.1) is 0 Å². The summed E-state index contributed by atoms with van der Waals surface area (Å²) in [5.41, 5.74) is 2.09. The Hall–Kier alpha value is -1.54. The summed E-state index contributed by atoms with van der Waals surface area (Å²) in [6.07, 6.45) is 11.3. The van der Waals surface area contributed by atoms with Crippen LogP contribution < -0.4 is 0 Å². The molecule has 0 N–H and O–H groups in total. The van der Waals surface area contributed by atoms with E-state index in [0.29, 0.717) is 6.42 Å². The highest BCUT2D eigenvalue weighted by atomic mass is 32.2. The van der Waals surface area contributed by atoms with Gasteiger partial charge in [0.15, 0.2) is 5.78 Å². The number of unbranched alkanes of at least 4 members (excludes halogenated alkanes) is 7. The minimum Gasteiger partial charge on any atom is -0.294 e. The number of ketones is 1. The SMILES string of the molecule is CCCCCCCCCCSC(CC(=O)c1ccccc1)c1ccccc1. The molecule has 2 heteroatoms. The van der Waals surface area contributed by atoms with Gasteiger partial charge in [0.05, 0.1) is 0 Å². The molecule has 0 fully saturated rings. The van der Waals surface area contributed by atoms with Crippen molar-refractivity contribution >= 4 is 17.5 Å². The molecule has 0 spiro atoms. The third-order valence-corrected chi connectivity index (χ3v) is 6.32. The molecule has 0 aromatic heterocycles. The highest BCUT2D eigenvalue weighted by Gasteiger charge is 2.17. The average Bonchev–Trinajstić information content (AvgIpc) is 2.73. The van der Waals surface area contributed by atoms with Gasteiger partial charge in [-0.05, 0) is 17.7 Å². The summed E-state index contributed by atoms with van der Waals surface area (Å²) < 4.78 is 0. The largest absolute Gasteiger partial charge is 0.294 e. The van der Waals surface area contributed by atoms with E-state index in [2.05, 4.69) is 31.2 Å². The Labute approximate surface area is 170 Å². The van der Waals surface area contributed by atoms with Crippen LogP contribution in [0.5, 0.6) is 0 Å². The number of hydrogen-bond donors (Lipinski definition) is 0. The van der Waals surface area contributed by atoms with E-state index in [4.69, 9.17) is 0 Å². The lowest BCUT2D eigenvalue weighted by molar-refractivity contribution is 0.0982. The molecule has 0 aliphatic rings. The lowest BCUT2D eigenvalue weighted by atomic mass is 10.0. The van der Waals surface area contributed by atoms with Gasteiger partial charge in [0.2, 0.25) is 0 Å². The van der Waals surface area contributed by atoms with Gasteiger partial charge in [-0.3, -0.25) is 4.79 Å². The van der Waals surface area contributed by atoms with E-state index in [9.17, 15) is 4.79 Å². The summed E-state index contributed by atoms with van der Waals surface area (Å²) >= 11 is 1.95. The molecule has 0 aliphatic heterocycles. The van der Waals surface area contributed by atoms with Crippen molar-refractivity contribution in [3.05, 3.63) is 71.8 Å². The van der Waals surface area contributed by atoms with Crippen molar-refractivity contribution in [1.82, 2.24) is 0 Å². The standard InChI is InChI=1S/C25H34OS/c1-2-3-4-5-6-7-8-15-20-27-25(23-18-13-10-14-19-23)21-24(26)22-16-11-9-12-17-22/h9-14,16-19,25H,2-8,15,20-21H2,1H3. The van der Waals surface area contributed by atoms with Gasteiger partial charge in [0.25, 0.3) is 0 Å². The molecular formula is C25H34OS. The molecule has 2 aromatic carbocycles. The van der Waals surface area contributed by atoms with Crippen molar-refractivity contribution in [2.45, 2.75) is 70.0 Å². The molecule has 1 atom stereocenters. The van der Waals surface area contributed by atoms with Crippen LogP contribution in [0.25, 0.3) is 0 Å². The molecule has 0 radical (unpaired) electrons. The van der Waals surface area contributed by atoms with Gasteiger partial charge < -0.3 is 0 Å². The maximum atomic E-state index is 12.7. The van der Waals surface area contributed by atoms with Gasteiger partial charge in [0.1, 0.15) is 0 Å². The van der Waals surface area contributed by atoms with Gasteiger partial charge in [0, 0.05) is 17.2 Å². The molecule has 0 bridgehead atoms. The summed E-state index contributed by atoms with van der Waals surface area (Å²) in [5, 5.41) is 0.253. The Morgan fingerprint density at radius 2 is 1.33 bits per heavy atom. The first-order valence-electron chi connectivity index (χ1n) is 10.6. The van der Waals surface area contributed by atoms with Crippen LogP contribution in [-0.2, 0) is 0 Å². The van der Waals surface area contributed by atoms with Crippen LogP contribution in [0.4, 0.5) is 0 Å². The molecule has 2 rings (SSSR count). The van der Waals surface area contributed by atoms with Crippen LogP contribution in [0.3, 0.4) is 0 Å². The highest BCUT2D eigenvalue weighted by molar-refractivity contribution is 7.99. The summed E-state index contributed by atoms with van der Waals surface area (Å²) in [6.45, 7) is 2.27. The lowest BCUT2D eigenvalue weighted by Crippen LogP contribution is -2.06. The third kappa shape index (κ3) is 8.79. The van der Waals surface area contributed by atoms with Crippen molar-refractivity contribution in [2.24, 2.45) is 0 Å². The smallest absolute Gasteiger partial charge is 0.164 e. The number of benzene rings is 2. The molecule has 0 heterocycles. The zero-order valence-corrected chi connectivity index (χ0v) is 17.6. The highest BCUT2D eigenvalue weighted by Crippen LogP contribution is 2.34. The van der Waals surface area contributed by atoms with Gasteiger partial charge in [-0.2, -0.15) is 11.8 Å². The molecular weight excluding hydrogens is 348 g/mol. The number of carbonyl (C=O) groups excluding carboxylic acids is 1. The lowest BCUT2D eigenvalue weighted by Gasteiger charge is -2.16. The minimum absolute atomic E-state index is 0.243. The van der Waals surface area contributed by atoms with Crippen molar-refractivity contribution < 1.29 is 4.79 Å². The number of thioether (sulfide) groups is 1. The predicted octanol–water partition coefficient (Wildman–Crippen LogP) is 7.87. The van der Waals surface area contributed by atoms with E-state index in [0.717, 1.165) is 11.3 Å². The fraction of sp³-hybridized carbons (Fsp3) is 0.480. The van der Waals surface area contributed by atoms with Gasteiger partial charge in [-0.1, -0.05) is 113 Å². The quantitative estimate of drug-likeness (QED) is 0.244. The molecule has 1 nitrogen and oxygen atoms in total. The van der Waals surface area contributed by atoms with Crippen molar-refractivity contribution in [3.63, 3.8) is 0 Å². The van der Waals surface area contributed by atoms with Gasteiger partial charge >= 0.3 is 0 Å². The number of Topliss-reactive ketones (excluding diaryl/α,β-unsaturated/α-hetero) is 1. The summed E-state index contributed by atoms with van der Waals surface area (Å²) in [6, 6.07) is 20.2. The van der Waals surface area contributed by atoms with Crippen molar-refractivity contribution in [2.75, 3.05) is 5.75 Å². The second-order valence-electron chi connectivity index (χ2n) is 7.24. The first kappa shape index (κ1) is 21.8. The third-order valence-electron chi connectivity index (χ3n) is 4.95. The van der Waals surface area contributed by atoms with Crippen LogP contribution >= 0.6 is 11.8 Å². The van der Waals surface area contributed by atoms with Crippen LogP contribution in [0.15, 0.2) is 60.7 Å². The molecule has 0 saturated heterocycles. The Morgan fingerprint density at radius 3 is 1.96 bits per heavy atom. The fourth-order valence-corrected chi connectivity index (χ4v) is 4.59. The minimum atomic E-state index is 0.243. The monoisotopic (exact) mass is 382 g/mol. The molecule has 27 heavy (non-hydrogen) atoms. The van der Waals surface area contributed by atoms with E-state index in [1.165, 1.54) is 56.9 Å². The number of rotatable bonds is 14. The number of carbonyl (C=O) groups is 1. The van der Waals surface area contributed by atoms with E-state index in [-0.39, 0.29) is 11.0 Å². The second-order valence-corrected chi connectivity index (χ2v) is 8.55. The van der Waals surface area contributed by atoms with Crippen molar-refractivity contribution in [3.8, 4) is 0 Å². The van der Waals surface area contributed by atoms with Gasteiger partial charge in [-0.15, -0.1) is 0 Å². The molecule has 0 aliphatic carbocycles. The zero-order chi connectivity index (χ0) is 19.2. The van der Waals surface area contributed by atoms with E-state index in [1.54, 1.807) is 0 Å². The summed E-state index contributed by atoms with van der Waals surface area (Å²) in [5.74, 6) is 1.38. The maximum Gasteiger partial charge on any atom is 0.164 e. The molecule has 1 unspecified atom stereocenters. The Bertz CT molecular complexity index is 623. The number of hydrogen-bond acceptors (Lipinski definition) is 2. The Morgan fingerprint density at radius 1 is 0.778 bits per heavy atom. The second kappa shape index (κ2) is 13.6. The summed E-state index contributed by atoms with van der Waals surface area (Å²) in [4.78, 5) is 12.7. The normalized spacial score (nSPS) is 12.0. The molecule has 2 aromatic rings. The zero-order valence-electron chi connectivity index (χ0n) is 16.7. The van der Waals surface area contributed by atoms with Crippen LogP contribution in [0.2, 0.25) is 0 Å². The average molecular weight is 383 g/mol. The van der Waals surface area contributed by atoms with Crippen LogP contribution in [-0.4, -0.2) is 11.5 Å².